The van der Waals surface area contributed by atoms with Gasteiger partial charge in [-0.15, -0.1) is 0 Å². The summed E-state index contributed by atoms with van der Waals surface area (Å²) in [4.78, 5) is 32.5. The molecular formula is C42H46FN5O3. The van der Waals surface area contributed by atoms with Crippen molar-refractivity contribution in [1.82, 2.24) is 15.1 Å². The number of amides is 3. The second kappa shape index (κ2) is 14.5. The van der Waals surface area contributed by atoms with Gasteiger partial charge in [0.1, 0.15) is 11.6 Å². The minimum atomic E-state index is -0.500. The molecule has 0 saturated carbocycles. The quantitative estimate of drug-likeness (QED) is 0.227. The largest absolute Gasteiger partial charge is 0.508 e. The summed E-state index contributed by atoms with van der Waals surface area (Å²) in [6.07, 6.45) is 4.50. The Hall–Kier alpha value is -4.73. The smallest absolute Gasteiger partial charge is 0.328 e. The summed E-state index contributed by atoms with van der Waals surface area (Å²) in [5.41, 5.74) is 7.67. The average Bonchev–Trinajstić information content (AvgIpc) is 3.16. The minimum absolute atomic E-state index is 0.214. The Labute approximate surface area is 299 Å². The fourth-order valence-electron chi connectivity index (χ4n) is 8.83. The molecule has 51 heavy (non-hydrogen) atoms. The third kappa shape index (κ3) is 7.10. The summed E-state index contributed by atoms with van der Waals surface area (Å²) < 4.78 is 15.1. The molecule has 1 aliphatic carbocycles. The van der Waals surface area contributed by atoms with Crippen molar-refractivity contribution in [2.45, 2.75) is 56.5 Å². The van der Waals surface area contributed by atoms with E-state index >= 15 is 4.39 Å². The SMILES string of the molecule is O=C1CCN(c2ccc(CN3CCN(C4CCN(c5ccc(C6c7ccc(O)cc7CCC6c6ccccc6)cc5)CC4)CC3)c(F)c2)C(=O)N1. The summed E-state index contributed by atoms with van der Waals surface area (Å²) in [5.74, 6) is 0.372. The topological polar surface area (TPSA) is 79.4 Å². The van der Waals surface area contributed by atoms with Crippen LogP contribution < -0.4 is 15.1 Å². The molecule has 3 fully saturated rings. The Morgan fingerprint density at radius 3 is 2.20 bits per heavy atom. The maximum absolute atomic E-state index is 15.1. The molecule has 2 N–H and O–H groups in total. The van der Waals surface area contributed by atoms with E-state index in [1.165, 1.54) is 38.9 Å². The number of urea groups is 1. The molecule has 8 rings (SSSR count). The van der Waals surface area contributed by atoms with Crippen molar-refractivity contribution in [2.24, 2.45) is 0 Å². The van der Waals surface area contributed by atoms with Crippen LogP contribution in [-0.2, 0) is 17.8 Å². The molecule has 3 heterocycles. The van der Waals surface area contributed by atoms with Crippen molar-refractivity contribution in [2.75, 3.05) is 55.6 Å². The van der Waals surface area contributed by atoms with Crippen LogP contribution in [0.25, 0.3) is 0 Å². The highest BCUT2D eigenvalue weighted by molar-refractivity contribution is 6.05. The number of hydrogen-bond acceptors (Lipinski definition) is 6. The summed E-state index contributed by atoms with van der Waals surface area (Å²) in [6, 6.07) is 31.1. The molecule has 264 valence electrons. The van der Waals surface area contributed by atoms with Gasteiger partial charge in [0.05, 0.1) is 0 Å². The second-order valence-electron chi connectivity index (χ2n) is 14.6. The maximum atomic E-state index is 15.1. The van der Waals surface area contributed by atoms with Crippen LogP contribution in [0.15, 0.2) is 91.0 Å². The fraction of sp³-hybridized carbons (Fsp3) is 0.381. The molecule has 3 saturated heterocycles. The lowest BCUT2D eigenvalue weighted by atomic mass is 9.69. The predicted octanol–water partition coefficient (Wildman–Crippen LogP) is 6.63. The Morgan fingerprint density at radius 2 is 1.47 bits per heavy atom. The number of piperidine rings is 1. The second-order valence-corrected chi connectivity index (χ2v) is 14.6. The van der Waals surface area contributed by atoms with Crippen LogP contribution in [0.3, 0.4) is 0 Å². The number of carbonyl (C=O) groups is 2. The number of hydrogen-bond donors (Lipinski definition) is 2. The van der Waals surface area contributed by atoms with Crippen molar-refractivity contribution in [3.8, 4) is 5.75 Å². The van der Waals surface area contributed by atoms with E-state index in [0.717, 1.165) is 65.0 Å². The molecule has 0 spiro atoms. The van der Waals surface area contributed by atoms with Crippen molar-refractivity contribution in [3.05, 3.63) is 125 Å². The van der Waals surface area contributed by atoms with Crippen LogP contribution in [0.5, 0.6) is 5.75 Å². The average molecular weight is 688 g/mol. The number of aryl methyl sites for hydroxylation is 1. The van der Waals surface area contributed by atoms with Gasteiger partial charge < -0.3 is 10.0 Å². The Morgan fingerprint density at radius 1 is 0.725 bits per heavy atom. The third-order valence-electron chi connectivity index (χ3n) is 11.6. The van der Waals surface area contributed by atoms with Gasteiger partial charge in [0.25, 0.3) is 0 Å². The number of rotatable bonds is 7. The van der Waals surface area contributed by atoms with Crippen LogP contribution in [0.4, 0.5) is 20.6 Å². The molecule has 8 nitrogen and oxygen atoms in total. The maximum Gasteiger partial charge on any atom is 0.328 e. The zero-order chi connectivity index (χ0) is 34.9. The van der Waals surface area contributed by atoms with Crippen molar-refractivity contribution in [3.63, 3.8) is 0 Å². The molecule has 3 amide bonds. The number of halogens is 1. The van der Waals surface area contributed by atoms with Gasteiger partial charge in [-0.25, -0.2) is 9.18 Å². The highest BCUT2D eigenvalue weighted by Crippen LogP contribution is 2.47. The lowest BCUT2D eigenvalue weighted by molar-refractivity contribution is -0.120. The van der Waals surface area contributed by atoms with Gasteiger partial charge in [0.2, 0.25) is 5.91 Å². The number of anilines is 2. The molecule has 9 heteroatoms. The molecular weight excluding hydrogens is 641 g/mol. The first-order valence-electron chi connectivity index (χ1n) is 18.5. The van der Waals surface area contributed by atoms with Crippen LogP contribution in [-0.4, -0.2) is 78.7 Å². The number of aromatic hydroxyl groups is 1. The lowest BCUT2D eigenvalue weighted by Crippen LogP contribution is -2.53. The molecule has 0 bridgehead atoms. The number of imide groups is 1. The number of carbonyl (C=O) groups excluding carboxylic acids is 2. The van der Waals surface area contributed by atoms with Gasteiger partial charge in [-0.2, -0.15) is 0 Å². The van der Waals surface area contributed by atoms with Gasteiger partial charge in [-0.3, -0.25) is 24.8 Å². The van der Waals surface area contributed by atoms with Crippen molar-refractivity contribution in [1.29, 1.82) is 0 Å². The van der Waals surface area contributed by atoms with Crippen LogP contribution in [0, 0.1) is 5.82 Å². The molecule has 0 radical (unpaired) electrons. The Kier molecular flexibility index (Phi) is 9.49. The molecule has 2 unspecified atom stereocenters. The predicted molar refractivity (Wildman–Crippen MR) is 198 cm³/mol. The molecule has 4 aliphatic rings. The van der Waals surface area contributed by atoms with E-state index in [9.17, 15) is 14.7 Å². The lowest BCUT2D eigenvalue weighted by Gasteiger charge is -2.43. The molecule has 4 aromatic carbocycles. The summed E-state index contributed by atoms with van der Waals surface area (Å²) >= 11 is 0. The van der Waals surface area contributed by atoms with Gasteiger partial charge >= 0.3 is 6.03 Å². The van der Waals surface area contributed by atoms with Crippen molar-refractivity contribution >= 4 is 23.3 Å². The Bertz CT molecular complexity index is 1870. The van der Waals surface area contributed by atoms with E-state index in [2.05, 4.69) is 80.7 Å². The van der Waals surface area contributed by atoms with Gasteiger partial charge in [0, 0.05) is 87.7 Å². The highest BCUT2D eigenvalue weighted by atomic mass is 19.1. The van der Waals surface area contributed by atoms with Crippen LogP contribution in [0.2, 0.25) is 0 Å². The number of nitrogens with one attached hydrogen (secondary N) is 1. The summed E-state index contributed by atoms with van der Waals surface area (Å²) in [6.45, 7) is 6.61. The van der Waals surface area contributed by atoms with Gasteiger partial charge in [0.15, 0.2) is 0 Å². The number of phenols is 1. The van der Waals surface area contributed by atoms with E-state index < -0.39 is 6.03 Å². The number of piperazine rings is 1. The third-order valence-corrected chi connectivity index (χ3v) is 11.6. The highest BCUT2D eigenvalue weighted by Gasteiger charge is 2.33. The zero-order valence-electron chi connectivity index (χ0n) is 29.0. The zero-order valence-corrected chi connectivity index (χ0v) is 29.0. The number of benzene rings is 4. The summed E-state index contributed by atoms with van der Waals surface area (Å²) in [7, 11) is 0. The fourth-order valence-corrected chi connectivity index (χ4v) is 8.83. The van der Waals surface area contributed by atoms with E-state index in [0.29, 0.717) is 35.5 Å². The normalized spacial score (nSPS) is 22.1. The molecule has 3 aliphatic heterocycles. The number of nitrogens with zero attached hydrogens (tertiary/aromatic N) is 4. The van der Waals surface area contributed by atoms with E-state index in [-0.39, 0.29) is 30.6 Å². The van der Waals surface area contributed by atoms with Crippen LogP contribution >= 0.6 is 0 Å². The van der Waals surface area contributed by atoms with Gasteiger partial charge in [-0.1, -0.05) is 54.6 Å². The van der Waals surface area contributed by atoms with Crippen LogP contribution in [0.1, 0.15) is 65.3 Å². The molecule has 2 atom stereocenters. The first kappa shape index (κ1) is 33.4. The monoisotopic (exact) mass is 687 g/mol. The minimum Gasteiger partial charge on any atom is -0.508 e. The molecule has 4 aromatic rings. The Balaban J connectivity index is 0.853. The van der Waals surface area contributed by atoms with E-state index in [1.54, 1.807) is 12.1 Å². The van der Waals surface area contributed by atoms with E-state index in [4.69, 9.17) is 0 Å². The number of phenolic OH excluding ortho intramolecular Hbond substituents is 1. The van der Waals surface area contributed by atoms with Crippen molar-refractivity contribution < 1.29 is 19.1 Å². The summed E-state index contributed by atoms with van der Waals surface area (Å²) in [5, 5.41) is 12.5. The first-order valence-corrected chi connectivity index (χ1v) is 18.5. The number of fused-ring (bicyclic) bond motifs is 1. The molecule has 0 aromatic heterocycles. The van der Waals surface area contributed by atoms with Gasteiger partial charge in [-0.05, 0) is 90.3 Å². The van der Waals surface area contributed by atoms with E-state index in [1.807, 2.05) is 12.1 Å². The first-order chi connectivity index (χ1) is 24.9. The standard InChI is InChI=1S/C42H46FN5O3/c43-39-27-35(48-21-18-40(50)44-42(48)51)12-8-32(39)28-45-22-24-47(25-23-45)34-16-19-46(20-17-34)33-10-6-30(7-11-33)41-37(29-4-2-1-3-5-29)14-9-31-26-36(49)13-15-38(31)41/h1-8,10-13,15,26-27,34,37,41,49H,9,14,16-25,28H2,(H,44,50,51).